The average molecular weight is 424 g/mol. The molecule has 0 spiro atoms. The summed E-state index contributed by atoms with van der Waals surface area (Å²) in [6.07, 6.45) is 3.41. The van der Waals surface area contributed by atoms with Gasteiger partial charge in [0.15, 0.2) is 0 Å². The minimum atomic E-state index is 0. The zero-order valence-electron chi connectivity index (χ0n) is 16.3. The standard InChI is InChI=1S/C22H29N3O.2ClH/c23-12-16-25(15-11-19-7-2-1-3-8-19)22(26)21-10-6-9-20(17-21)18-24-13-4-5-14-24;;/h1-3,6-10,17H,4-5,11-16,18,23H2;2*1H. The summed E-state index contributed by atoms with van der Waals surface area (Å²) >= 11 is 0. The maximum absolute atomic E-state index is 13.0. The van der Waals surface area contributed by atoms with E-state index in [0.717, 1.165) is 31.6 Å². The number of carbonyl (C=O) groups is 1. The van der Waals surface area contributed by atoms with Crippen LogP contribution in [0.4, 0.5) is 0 Å². The molecule has 2 N–H and O–H groups in total. The first kappa shape index (κ1) is 24.4. The Bertz CT molecular complexity index is 706. The summed E-state index contributed by atoms with van der Waals surface area (Å²) in [5.74, 6) is 0.0784. The predicted molar refractivity (Wildman–Crippen MR) is 121 cm³/mol. The highest BCUT2D eigenvalue weighted by atomic mass is 35.5. The van der Waals surface area contributed by atoms with Crippen molar-refractivity contribution in [1.29, 1.82) is 0 Å². The third-order valence-corrected chi connectivity index (χ3v) is 4.98. The lowest BCUT2D eigenvalue weighted by molar-refractivity contribution is 0.0762. The van der Waals surface area contributed by atoms with Gasteiger partial charge in [0, 0.05) is 31.7 Å². The van der Waals surface area contributed by atoms with Crippen LogP contribution in [0.25, 0.3) is 0 Å². The van der Waals surface area contributed by atoms with Crippen LogP contribution in [-0.2, 0) is 13.0 Å². The topological polar surface area (TPSA) is 49.6 Å². The van der Waals surface area contributed by atoms with Gasteiger partial charge in [-0.2, -0.15) is 0 Å². The number of carbonyl (C=O) groups excluding carboxylic acids is 1. The van der Waals surface area contributed by atoms with Gasteiger partial charge in [0.25, 0.3) is 5.91 Å². The molecule has 154 valence electrons. The number of hydrogen-bond donors (Lipinski definition) is 1. The molecule has 1 amide bonds. The number of nitrogens with two attached hydrogens (primary N) is 1. The maximum Gasteiger partial charge on any atom is 0.253 e. The Hall–Kier alpha value is -1.59. The highest BCUT2D eigenvalue weighted by Crippen LogP contribution is 2.15. The molecular formula is C22H31Cl2N3O. The van der Waals surface area contributed by atoms with Crippen molar-refractivity contribution in [2.24, 2.45) is 5.73 Å². The van der Waals surface area contributed by atoms with E-state index in [0.29, 0.717) is 19.6 Å². The van der Waals surface area contributed by atoms with E-state index in [9.17, 15) is 4.79 Å². The number of benzene rings is 2. The van der Waals surface area contributed by atoms with Gasteiger partial charge in [0.1, 0.15) is 0 Å². The first-order valence-corrected chi connectivity index (χ1v) is 9.61. The van der Waals surface area contributed by atoms with Crippen LogP contribution in [-0.4, -0.2) is 48.4 Å². The van der Waals surface area contributed by atoms with E-state index in [1.165, 1.54) is 24.0 Å². The quantitative estimate of drug-likeness (QED) is 0.702. The van der Waals surface area contributed by atoms with E-state index in [4.69, 9.17) is 5.73 Å². The molecule has 0 saturated carbocycles. The fraction of sp³-hybridized carbons (Fsp3) is 0.409. The molecular weight excluding hydrogens is 393 g/mol. The molecule has 1 aliphatic heterocycles. The van der Waals surface area contributed by atoms with Crippen molar-refractivity contribution in [3.05, 3.63) is 71.3 Å². The van der Waals surface area contributed by atoms with Gasteiger partial charge in [-0.1, -0.05) is 42.5 Å². The van der Waals surface area contributed by atoms with Gasteiger partial charge in [-0.3, -0.25) is 9.69 Å². The van der Waals surface area contributed by atoms with Crippen molar-refractivity contribution in [1.82, 2.24) is 9.80 Å². The van der Waals surface area contributed by atoms with Crippen molar-refractivity contribution in [2.45, 2.75) is 25.8 Å². The van der Waals surface area contributed by atoms with Crippen LogP contribution in [0.2, 0.25) is 0 Å². The molecule has 0 bridgehead atoms. The third kappa shape index (κ3) is 7.10. The lowest BCUT2D eigenvalue weighted by Crippen LogP contribution is -2.37. The second kappa shape index (κ2) is 12.8. The number of rotatable bonds is 8. The molecule has 0 radical (unpaired) electrons. The number of halogens is 2. The van der Waals surface area contributed by atoms with Gasteiger partial charge in [0.05, 0.1) is 0 Å². The summed E-state index contributed by atoms with van der Waals surface area (Å²) in [6.45, 7) is 5.01. The van der Waals surface area contributed by atoms with Crippen LogP contribution in [0.3, 0.4) is 0 Å². The zero-order chi connectivity index (χ0) is 18.2. The normalized spacial score (nSPS) is 13.5. The highest BCUT2D eigenvalue weighted by Gasteiger charge is 2.17. The third-order valence-electron chi connectivity index (χ3n) is 4.98. The Kier molecular flexibility index (Phi) is 11.2. The van der Waals surface area contributed by atoms with E-state index in [1.54, 1.807) is 0 Å². The molecule has 4 nitrogen and oxygen atoms in total. The Morgan fingerprint density at radius 3 is 2.29 bits per heavy atom. The molecule has 0 unspecified atom stereocenters. The molecule has 1 aliphatic rings. The van der Waals surface area contributed by atoms with Crippen molar-refractivity contribution < 1.29 is 4.79 Å². The molecule has 0 aliphatic carbocycles. The van der Waals surface area contributed by atoms with Gasteiger partial charge in [-0.15, -0.1) is 24.8 Å². The minimum Gasteiger partial charge on any atom is -0.337 e. The van der Waals surface area contributed by atoms with Crippen LogP contribution in [0.5, 0.6) is 0 Å². The van der Waals surface area contributed by atoms with Crippen molar-refractivity contribution >= 4 is 30.7 Å². The summed E-state index contributed by atoms with van der Waals surface area (Å²) in [4.78, 5) is 17.3. The predicted octanol–water partition coefficient (Wildman–Crippen LogP) is 3.77. The van der Waals surface area contributed by atoms with Gasteiger partial charge < -0.3 is 10.6 Å². The molecule has 2 aromatic carbocycles. The molecule has 1 fully saturated rings. The second-order valence-electron chi connectivity index (χ2n) is 7.00. The molecule has 28 heavy (non-hydrogen) atoms. The number of amides is 1. The van der Waals surface area contributed by atoms with Crippen molar-refractivity contribution in [3.63, 3.8) is 0 Å². The van der Waals surface area contributed by atoms with Crippen LogP contribution in [0.15, 0.2) is 54.6 Å². The molecule has 6 heteroatoms. The van der Waals surface area contributed by atoms with Crippen LogP contribution < -0.4 is 5.73 Å². The lowest BCUT2D eigenvalue weighted by Gasteiger charge is -2.23. The SMILES string of the molecule is Cl.Cl.NCCN(CCc1ccccc1)C(=O)c1cccc(CN2CCCC2)c1. The molecule has 1 saturated heterocycles. The fourth-order valence-corrected chi connectivity index (χ4v) is 3.56. The monoisotopic (exact) mass is 423 g/mol. The average Bonchev–Trinajstić information content (AvgIpc) is 3.18. The smallest absolute Gasteiger partial charge is 0.253 e. The Labute approximate surface area is 180 Å². The van der Waals surface area contributed by atoms with Gasteiger partial charge in [-0.25, -0.2) is 0 Å². The summed E-state index contributed by atoms with van der Waals surface area (Å²) in [5, 5.41) is 0. The van der Waals surface area contributed by atoms with E-state index >= 15 is 0 Å². The van der Waals surface area contributed by atoms with Crippen LogP contribution >= 0.6 is 24.8 Å². The van der Waals surface area contributed by atoms with E-state index in [2.05, 4.69) is 23.1 Å². The number of hydrogen-bond acceptors (Lipinski definition) is 3. The van der Waals surface area contributed by atoms with Crippen molar-refractivity contribution in [3.8, 4) is 0 Å². The van der Waals surface area contributed by atoms with Crippen molar-refractivity contribution in [2.75, 3.05) is 32.7 Å². The Morgan fingerprint density at radius 2 is 1.61 bits per heavy atom. The molecule has 0 atom stereocenters. The number of nitrogens with zero attached hydrogens (tertiary/aromatic N) is 2. The fourth-order valence-electron chi connectivity index (χ4n) is 3.56. The minimum absolute atomic E-state index is 0. The Morgan fingerprint density at radius 1 is 0.929 bits per heavy atom. The van der Waals surface area contributed by atoms with E-state index < -0.39 is 0 Å². The second-order valence-corrected chi connectivity index (χ2v) is 7.00. The lowest BCUT2D eigenvalue weighted by atomic mass is 10.1. The molecule has 3 rings (SSSR count). The van der Waals surface area contributed by atoms with Crippen LogP contribution in [0.1, 0.15) is 34.3 Å². The maximum atomic E-state index is 13.0. The van der Waals surface area contributed by atoms with Crippen LogP contribution in [0, 0.1) is 0 Å². The zero-order valence-corrected chi connectivity index (χ0v) is 17.9. The largest absolute Gasteiger partial charge is 0.337 e. The van der Waals surface area contributed by atoms with Gasteiger partial charge in [0.2, 0.25) is 0 Å². The summed E-state index contributed by atoms with van der Waals surface area (Å²) < 4.78 is 0. The Balaban J connectivity index is 0.00000196. The van der Waals surface area contributed by atoms with Gasteiger partial charge in [-0.05, 0) is 55.6 Å². The van der Waals surface area contributed by atoms with E-state index in [1.807, 2.05) is 41.3 Å². The highest BCUT2D eigenvalue weighted by molar-refractivity contribution is 5.94. The molecule has 1 heterocycles. The van der Waals surface area contributed by atoms with E-state index in [-0.39, 0.29) is 30.7 Å². The summed E-state index contributed by atoms with van der Waals surface area (Å²) in [6, 6.07) is 18.4. The first-order valence-electron chi connectivity index (χ1n) is 9.61. The molecule has 0 aromatic heterocycles. The number of likely N-dealkylation sites (tertiary alicyclic amines) is 1. The summed E-state index contributed by atoms with van der Waals surface area (Å²) in [7, 11) is 0. The first-order chi connectivity index (χ1) is 12.8. The van der Waals surface area contributed by atoms with Gasteiger partial charge >= 0.3 is 0 Å². The summed E-state index contributed by atoms with van der Waals surface area (Å²) in [5.41, 5.74) is 8.98. The molecule has 2 aromatic rings.